The molecule has 1 unspecified atom stereocenters. The van der Waals surface area contributed by atoms with Crippen LogP contribution in [0.4, 0.5) is 5.69 Å². The summed E-state index contributed by atoms with van der Waals surface area (Å²) in [6, 6.07) is 3.61. The number of carbonyl (C=O) groups excluding carboxylic acids is 1. The van der Waals surface area contributed by atoms with Gasteiger partial charge in [0, 0.05) is 7.05 Å². The summed E-state index contributed by atoms with van der Waals surface area (Å²) in [6.45, 7) is 3.21. The average Bonchev–Trinajstić information content (AvgIpc) is 2.92. The van der Waals surface area contributed by atoms with Crippen molar-refractivity contribution < 1.29 is 9.53 Å². The first kappa shape index (κ1) is 12.8. The van der Waals surface area contributed by atoms with Crippen molar-refractivity contribution in [3.05, 3.63) is 24.0 Å². The summed E-state index contributed by atoms with van der Waals surface area (Å²) in [5.41, 5.74) is 1.36. The van der Waals surface area contributed by atoms with Gasteiger partial charge in [0.25, 0.3) is 0 Å². The lowest BCUT2D eigenvalue weighted by molar-refractivity contribution is 0.0519. The van der Waals surface area contributed by atoms with Gasteiger partial charge in [-0.05, 0) is 38.4 Å². The number of ether oxygens (including phenoxy) is 1. The number of carbonyl (C=O) groups is 1. The number of nitrogens with one attached hydrogen (secondary N) is 1. The lowest BCUT2D eigenvalue weighted by Crippen LogP contribution is -2.39. The van der Waals surface area contributed by atoms with E-state index in [-0.39, 0.29) is 5.97 Å². The van der Waals surface area contributed by atoms with Gasteiger partial charge in [0.05, 0.1) is 24.7 Å². The highest BCUT2D eigenvalue weighted by molar-refractivity contribution is 5.87. The quantitative estimate of drug-likeness (QED) is 0.818. The van der Waals surface area contributed by atoms with E-state index in [4.69, 9.17) is 4.74 Å². The zero-order valence-corrected chi connectivity index (χ0v) is 10.8. The predicted octanol–water partition coefficient (Wildman–Crippen LogP) is 1.40. The summed E-state index contributed by atoms with van der Waals surface area (Å²) < 4.78 is 4.90. The van der Waals surface area contributed by atoms with Crippen LogP contribution in [0, 0.1) is 0 Å². The van der Waals surface area contributed by atoms with E-state index < -0.39 is 0 Å². The molecule has 1 saturated heterocycles. The van der Waals surface area contributed by atoms with Crippen LogP contribution < -0.4 is 10.2 Å². The number of pyridine rings is 1. The second-order valence-corrected chi connectivity index (χ2v) is 4.35. The van der Waals surface area contributed by atoms with Crippen LogP contribution in [-0.2, 0) is 4.74 Å². The summed E-state index contributed by atoms with van der Waals surface area (Å²) in [4.78, 5) is 17.8. The molecule has 1 atom stereocenters. The molecule has 0 aromatic carbocycles. The minimum atomic E-state index is -0.370. The Kier molecular flexibility index (Phi) is 4.15. The Morgan fingerprint density at radius 1 is 1.61 bits per heavy atom. The monoisotopic (exact) mass is 249 g/mol. The highest BCUT2D eigenvalue weighted by atomic mass is 16.5. The lowest BCUT2D eigenvalue weighted by atomic mass is 10.2. The Hall–Kier alpha value is -1.62. The van der Waals surface area contributed by atoms with Gasteiger partial charge in [0.2, 0.25) is 0 Å². The van der Waals surface area contributed by atoms with E-state index in [1.54, 1.807) is 19.2 Å². The van der Waals surface area contributed by atoms with Crippen molar-refractivity contribution in [2.75, 3.05) is 25.1 Å². The highest BCUT2D eigenvalue weighted by Gasteiger charge is 2.19. The van der Waals surface area contributed by atoms with Crippen molar-refractivity contribution in [3.8, 4) is 0 Å². The first-order valence-corrected chi connectivity index (χ1v) is 6.31. The third-order valence-electron chi connectivity index (χ3n) is 3.14. The fourth-order valence-electron chi connectivity index (χ4n) is 2.10. The number of hydrogen-bond donors (Lipinski definition) is 1. The largest absolute Gasteiger partial charge is 0.461 e. The molecular weight excluding hydrogens is 230 g/mol. The van der Waals surface area contributed by atoms with Crippen molar-refractivity contribution in [2.24, 2.45) is 0 Å². The van der Waals surface area contributed by atoms with E-state index in [1.165, 1.54) is 6.42 Å². The number of hydrogen-bond acceptors (Lipinski definition) is 5. The van der Waals surface area contributed by atoms with Gasteiger partial charge >= 0.3 is 5.97 Å². The molecule has 5 nitrogen and oxygen atoms in total. The number of rotatable bonds is 4. The zero-order chi connectivity index (χ0) is 13.0. The van der Waals surface area contributed by atoms with Crippen molar-refractivity contribution >= 4 is 11.7 Å². The molecular formula is C13H19N3O2. The molecule has 1 aromatic rings. The molecule has 1 fully saturated rings. The van der Waals surface area contributed by atoms with E-state index >= 15 is 0 Å². The van der Waals surface area contributed by atoms with Gasteiger partial charge in [-0.25, -0.2) is 9.78 Å². The van der Waals surface area contributed by atoms with Gasteiger partial charge < -0.3 is 9.64 Å². The van der Waals surface area contributed by atoms with Gasteiger partial charge in [-0.15, -0.1) is 0 Å². The molecule has 18 heavy (non-hydrogen) atoms. The second-order valence-electron chi connectivity index (χ2n) is 4.35. The molecule has 0 bridgehead atoms. The molecule has 5 heteroatoms. The first-order valence-electron chi connectivity index (χ1n) is 6.31. The third kappa shape index (κ3) is 2.79. The normalized spacial score (nSPS) is 18.7. The van der Waals surface area contributed by atoms with E-state index in [9.17, 15) is 4.79 Å². The van der Waals surface area contributed by atoms with E-state index in [0.717, 1.165) is 18.7 Å². The molecule has 98 valence electrons. The molecule has 2 heterocycles. The van der Waals surface area contributed by atoms with Gasteiger partial charge in [0.15, 0.2) is 0 Å². The van der Waals surface area contributed by atoms with Crippen LogP contribution in [0.5, 0.6) is 0 Å². The third-order valence-corrected chi connectivity index (χ3v) is 3.14. The van der Waals surface area contributed by atoms with Crippen LogP contribution in [-0.4, -0.2) is 37.3 Å². The summed E-state index contributed by atoms with van der Waals surface area (Å²) >= 11 is 0. The molecule has 0 saturated carbocycles. The second kappa shape index (κ2) is 5.82. The predicted molar refractivity (Wildman–Crippen MR) is 69.6 cm³/mol. The van der Waals surface area contributed by atoms with Crippen molar-refractivity contribution in [1.82, 2.24) is 10.3 Å². The van der Waals surface area contributed by atoms with E-state index in [2.05, 4.69) is 15.2 Å². The van der Waals surface area contributed by atoms with Gasteiger partial charge in [0.1, 0.15) is 5.69 Å². The molecule has 1 aliphatic rings. The van der Waals surface area contributed by atoms with E-state index in [0.29, 0.717) is 18.5 Å². The number of aromatic nitrogens is 1. The van der Waals surface area contributed by atoms with Crippen LogP contribution in [0.15, 0.2) is 18.3 Å². The van der Waals surface area contributed by atoms with Gasteiger partial charge in [-0.1, -0.05) is 0 Å². The van der Waals surface area contributed by atoms with Crippen LogP contribution >= 0.6 is 0 Å². The molecule has 1 N–H and O–H groups in total. The minimum Gasteiger partial charge on any atom is -0.461 e. The Morgan fingerprint density at radius 2 is 2.44 bits per heavy atom. The maximum atomic E-state index is 11.5. The highest BCUT2D eigenvalue weighted by Crippen LogP contribution is 2.18. The zero-order valence-electron chi connectivity index (χ0n) is 10.8. The lowest BCUT2D eigenvalue weighted by Gasteiger charge is -2.26. The van der Waals surface area contributed by atoms with Crippen LogP contribution in [0.25, 0.3) is 0 Å². The van der Waals surface area contributed by atoms with Crippen molar-refractivity contribution in [2.45, 2.75) is 25.9 Å². The molecule has 0 radical (unpaired) electrons. The fourth-order valence-corrected chi connectivity index (χ4v) is 2.10. The Morgan fingerprint density at radius 3 is 3.00 bits per heavy atom. The van der Waals surface area contributed by atoms with Gasteiger partial charge in [-0.2, -0.15) is 0 Å². The minimum absolute atomic E-state index is 0.355. The summed E-state index contributed by atoms with van der Waals surface area (Å²) in [5, 5.41) is 3.42. The molecule has 2 rings (SSSR count). The van der Waals surface area contributed by atoms with Crippen LogP contribution in [0.3, 0.4) is 0 Å². The Balaban J connectivity index is 2.04. The first-order chi connectivity index (χ1) is 8.72. The molecule has 0 spiro atoms. The topological polar surface area (TPSA) is 54.5 Å². The number of anilines is 1. The van der Waals surface area contributed by atoms with E-state index in [1.807, 2.05) is 13.1 Å². The maximum absolute atomic E-state index is 11.5. The molecule has 0 amide bonds. The van der Waals surface area contributed by atoms with Crippen LogP contribution in [0.2, 0.25) is 0 Å². The number of esters is 1. The average molecular weight is 249 g/mol. The van der Waals surface area contributed by atoms with Gasteiger partial charge in [-0.3, -0.25) is 5.32 Å². The molecule has 1 aromatic heterocycles. The number of nitrogens with zero attached hydrogens (tertiary/aromatic N) is 2. The van der Waals surface area contributed by atoms with Crippen molar-refractivity contribution in [3.63, 3.8) is 0 Å². The summed E-state index contributed by atoms with van der Waals surface area (Å²) in [7, 11) is 2.03. The molecule has 1 aliphatic heterocycles. The smallest absolute Gasteiger partial charge is 0.356 e. The molecule has 0 aliphatic carbocycles. The SMILES string of the molecule is CCOC(=O)c1ccc(N(C)C2CCCN2)cn1. The standard InChI is InChI=1S/C13H19N3O2/c1-3-18-13(17)11-7-6-10(9-15-11)16(2)12-5-4-8-14-12/h6-7,9,12,14H,3-5,8H2,1-2H3. The van der Waals surface area contributed by atoms with Crippen molar-refractivity contribution in [1.29, 1.82) is 0 Å². The van der Waals surface area contributed by atoms with Crippen LogP contribution in [0.1, 0.15) is 30.3 Å². The summed E-state index contributed by atoms with van der Waals surface area (Å²) in [5.74, 6) is -0.370. The fraction of sp³-hybridized carbons (Fsp3) is 0.538. The maximum Gasteiger partial charge on any atom is 0.356 e. The Bertz CT molecular complexity index is 399. The Labute approximate surface area is 107 Å². The summed E-state index contributed by atoms with van der Waals surface area (Å²) in [6.07, 6.45) is 4.41.